The van der Waals surface area contributed by atoms with E-state index < -0.39 is 0 Å². The van der Waals surface area contributed by atoms with E-state index in [9.17, 15) is 0 Å². The van der Waals surface area contributed by atoms with E-state index in [4.69, 9.17) is 5.11 Å². The smallest absolute Gasteiger partial charge is 0.0525 e. The highest BCUT2D eigenvalue weighted by molar-refractivity contribution is 9.10. The Labute approximate surface area is 85.3 Å². The third-order valence-electron chi connectivity index (χ3n) is 1.50. The topological polar surface area (TPSA) is 20.2 Å². The van der Waals surface area contributed by atoms with E-state index in [-0.39, 0.29) is 6.61 Å². The Balaban J connectivity index is 2.69. The van der Waals surface area contributed by atoms with Crippen LogP contribution in [0.15, 0.2) is 27.6 Å². The molecule has 0 aromatic heterocycles. The molecule has 1 aromatic rings. The van der Waals surface area contributed by atoms with Gasteiger partial charge in [0.1, 0.15) is 0 Å². The van der Waals surface area contributed by atoms with Crippen LogP contribution in [0.5, 0.6) is 0 Å². The van der Waals surface area contributed by atoms with Crippen LogP contribution in [0, 0.1) is 6.92 Å². The van der Waals surface area contributed by atoms with Crippen LogP contribution in [0.1, 0.15) is 5.56 Å². The minimum atomic E-state index is 0.232. The Morgan fingerprint density at radius 1 is 1.50 bits per heavy atom. The van der Waals surface area contributed by atoms with Crippen molar-refractivity contribution in [1.82, 2.24) is 0 Å². The number of aliphatic hydroxyl groups is 1. The Morgan fingerprint density at radius 3 is 2.83 bits per heavy atom. The lowest BCUT2D eigenvalue weighted by Gasteiger charge is -2.02. The normalized spacial score (nSPS) is 10.2. The number of halogens is 1. The second-order valence-electron chi connectivity index (χ2n) is 2.48. The highest BCUT2D eigenvalue weighted by Crippen LogP contribution is 2.24. The summed E-state index contributed by atoms with van der Waals surface area (Å²) >= 11 is 5.13. The van der Waals surface area contributed by atoms with Crippen molar-refractivity contribution in [2.75, 3.05) is 12.4 Å². The van der Waals surface area contributed by atoms with Crippen molar-refractivity contribution in [3.63, 3.8) is 0 Å². The first-order chi connectivity index (χ1) is 5.74. The maximum Gasteiger partial charge on any atom is 0.0525 e. The van der Waals surface area contributed by atoms with Gasteiger partial charge in [0, 0.05) is 15.1 Å². The molecule has 0 aliphatic rings. The van der Waals surface area contributed by atoms with Gasteiger partial charge in [-0.05, 0) is 24.6 Å². The van der Waals surface area contributed by atoms with Gasteiger partial charge in [0.25, 0.3) is 0 Å². The van der Waals surface area contributed by atoms with Gasteiger partial charge in [-0.15, -0.1) is 11.8 Å². The van der Waals surface area contributed by atoms with Crippen LogP contribution < -0.4 is 0 Å². The fourth-order valence-corrected chi connectivity index (χ4v) is 2.05. The fourth-order valence-electron chi connectivity index (χ4n) is 0.827. The quantitative estimate of drug-likeness (QED) is 0.829. The molecule has 0 radical (unpaired) electrons. The SMILES string of the molecule is Cc1ccc(SCCO)cc1Br. The predicted molar refractivity (Wildman–Crippen MR) is 56.7 cm³/mol. The average Bonchev–Trinajstić information content (AvgIpc) is 2.07. The summed E-state index contributed by atoms with van der Waals surface area (Å²) < 4.78 is 1.13. The van der Waals surface area contributed by atoms with Crippen molar-refractivity contribution in [2.24, 2.45) is 0 Å². The first-order valence-corrected chi connectivity index (χ1v) is 5.51. The number of hydrogen-bond donors (Lipinski definition) is 1. The molecule has 0 bridgehead atoms. The maximum atomic E-state index is 8.62. The van der Waals surface area contributed by atoms with Crippen LogP contribution in [0.3, 0.4) is 0 Å². The molecule has 0 saturated heterocycles. The Morgan fingerprint density at radius 2 is 2.25 bits per heavy atom. The average molecular weight is 247 g/mol. The van der Waals surface area contributed by atoms with Crippen LogP contribution in [0.4, 0.5) is 0 Å². The van der Waals surface area contributed by atoms with Gasteiger partial charge in [0.15, 0.2) is 0 Å². The lowest BCUT2D eigenvalue weighted by Crippen LogP contribution is -1.85. The van der Waals surface area contributed by atoms with Crippen molar-refractivity contribution in [3.05, 3.63) is 28.2 Å². The molecule has 0 aliphatic heterocycles. The molecule has 1 N–H and O–H groups in total. The van der Waals surface area contributed by atoms with Crippen LogP contribution in [-0.4, -0.2) is 17.5 Å². The zero-order chi connectivity index (χ0) is 8.97. The van der Waals surface area contributed by atoms with Gasteiger partial charge in [0.2, 0.25) is 0 Å². The highest BCUT2D eigenvalue weighted by atomic mass is 79.9. The molecular weight excluding hydrogens is 236 g/mol. The van der Waals surface area contributed by atoms with Gasteiger partial charge in [-0.25, -0.2) is 0 Å². The molecule has 0 spiro atoms. The minimum Gasteiger partial charge on any atom is -0.396 e. The zero-order valence-electron chi connectivity index (χ0n) is 6.88. The largest absolute Gasteiger partial charge is 0.396 e. The number of hydrogen-bond acceptors (Lipinski definition) is 2. The summed E-state index contributed by atoms with van der Waals surface area (Å²) in [5, 5.41) is 8.62. The standard InChI is InChI=1S/C9H11BrOS/c1-7-2-3-8(6-9(7)10)12-5-4-11/h2-3,6,11H,4-5H2,1H3. The summed E-state index contributed by atoms with van der Waals surface area (Å²) in [4.78, 5) is 1.20. The molecule has 1 aromatic carbocycles. The van der Waals surface area contributed by atoms with Gasteiger partial charge in [-0.1, -0.05) is 22.0 Å². The molecule has 12 heavy (non-hydrogen) atoms. The molecule has 0 heterocycles. The second kappa shape index (κ2) is 4.90. The molecule has 1 rings (SSSR count). The first-order valence-electron chi connectivity index (χ1n) is 3.74. The summed E-state index contributed by atoms with van der Waals surface area (Å²) in [5.41, 5.74) is 1.24. The molecule has 1 nitrogen and oxygen atoms in total. The van der Waals surface area contributed by atoms with Crippen LogP contribution in [-0.2, 0) is 0 Å². The van der Waals surface area contributed by atoms with Gasteiger partial charge < -0.3 is 5.11 Å². The Bertz CT molecular complexity index is 263. The van der Waals surface area contributed by atoms with E-state index >= 15 is 0 Å². The number of aliphatic hydroxyl groups excluding tert-OH is 1. The molecule has 3 heteroatoms. The molecule has 0 amide bonds. The van der Waals surface area contributed by atoms with Crippen LogP contribution in [0.25, 0.3) is 0 Å². The molecule has 0 aliphatic carbocycles. The van der Waals surface area contributed by atoms with Crippen molar-refractivity contribution >= 4 is 27.7 Å². The summed E-state index contributed by atoms with van der Waals surface area (Å²) in [6, 6.07) is 6.22. The Hall–Kier alpha value is 0.01000. The molecule has 66 valence electrons. The Kier molecular flexibility index (Phi) is 4.12. The monoisotopic (exact) mass is 246 g/mol. The maximum absolute atomic E-state index is 8.62. The van der Waals surface area contributed by atoms with Gasteiger partial charge >= 0.3 is 0 Å². The van der Waals surface area contributed by atoms with Crippen LogP contribution >= 0.6 is 27.7 Å². The van der Waals surface area contributed by atoms with Gasteiger partial charge in [-0.3, -0.25) is 0 Å². The number of thioether (sulfide) groups is 1. The van der Waals surface area contributed by atoms with E-state index in [2.05, 4.69) is 41.1 Å². The summed E-state index contributed by atoms with van der Waals surface area (Å²) in [6.07, 6.45) is 0. The first kappa shape index (κ1) is 10.1. The number of benzene rings is 1. The van der Waals surface area contributed by atoms with Crippen molar-refractivity contribution < 1.29 is 5.11 Å². The van der Waals surface area contributed by atoms with E-state index in [1.54, 1.807) is 11.8 Å². The fraction of sp³-hybridized carbons (Fsp3) is 0.333. The lowest BCUT2D eigenvalue weighted by atomic mass is 10.2. The van der Waals surface area contributed by atoms with Crippen molar-refractivity contribution in [3.8, 4) is 0 Å². The summed E-state index contributed by atoms with van der Waals surface area (Å²) in [5.74, 6) is 0.759. The van der Waals surface area contributed by atoms with E-state index in [1.807, 2.05) is 0 Å². The van der Waals surface area contributed by atoms with E-state index in [0.29, 0.717) is 0 Å². The lowest BCUT2D eigenvalue weighted by molar-refractivity contribution is 0.322. The predicted octanol–water partition coefficient (Wildman–Crippen LogP) is 2.84. The third kappa shape index (κ3) is 2.81. The highest BCUT2D eigenvalue weighted by Gasteiger charge is 1.97. The molecule has 0 atom stereocenters. The third-order valence-corrected chi connectivity index (χ3v) is 3.33. The van der Waals surface area contributed by atoms with Gasteiger partial charge in [0.05, 0.1) is 6.61 Å². The van der Waals surface area contributed by atoms with E-state index in [1.165, 1.54) is 10.5 Å². The molecule has 0 unspecified atom stereocenters. The minimum absolute atomic E-state index is 0.232. The van der Waals surface area contributed by atoms with E-state index in [0.717, 1.165) is 10.2 Å². The summed E-state index contributed by atoms with van der Waals surface area (Å²) in [6.45, 7) is 2.29. The molecule has 0 fully saturated rings. The van der Waals surface area contributed by atoms with Crippen molar-refractivity contribution in [2.45, 2.75) is 11.8 Å². The number of aryl methyl sites for hydroxylation is 1. The zero-order valence-corrected chi connectivity index (χ0v) is 9.28. The number of rotatable bonds is 3. The molecule has 0 saturated carbocycles. The molecular formula is C9H11BrOS. The summed E-state index contributed by atoms with van der Waals surface area (Å²) in [7, 11) is 0. The second-order valence-corrected chi connectivity index (χ2v) is 4.51. The van der Waals surface area contributed by atoms with Gasteiger partial charge in [-0.2, -0.15) is 0 Å². The van der Waals surface area contributed by atoms with Crippen molar-refractivity contribution in [1.29, 1.82) is 0 Å². The van der Waals surface area contributed by atoms with Crippen LogP contribution in [0.2, 0.25) is 0 Å².